The summed E-state index contributed by atoms with van der Waals surface area (Å²) in [5.74, 6) is 5.69. The number of amides is 1. The Bertz CT molecular complexity index is 1460. The lowest BCUT2D eigenvalue weighted by Gasteiger charge is -2.33. The van der Waals surface area contributed by atoms with Crippen molar-refractivity contribution in [3.8, 4) is 17.6 Å². The molecule has 4 rings (SSSR count). The highest BCUT2D eigenvalue weighted by molar-refractivity contribution is 8.00. The lowest BCUT2D eigenvalue weighted by atomic mass is 10.0. The van der Waals surface area contributed by atoms with Crippen molar-refractivity contribution in [1.29, 1.82) is 0 Å². The number of nitrogens with zero attached hydrogens (tertiary/aromatic N) is 3. The van der Waals surface area contributed by atoms with Crippen LogP contribution in [-0.2, 0) is 4.74 Å². The third-order valence-electron chi connectivity index (χ3n) is 6.49. The number of carbonyl (C=O) groups excluding carboxylic acids is 1. The van der Waals surface area contributed by atoms with Crippen LogP contribution < -0.4 is 20.7 Å². The molecule has 9 nitrogen and oxygen atoms in total. The molecule has 1 aliphatic rings. The molecular weight excluding hydrogens is 576 g/mol. The molecule has 14 heteroatoms. The first kappa shape index (κ1) is 31.3. The van der Waals surface area contributed by atoms with E-state index < -0.39 is 17.7 Å². The Morgan fingerprint density at radius 1 is 1.24 bits per heavy atom. The Morgan fingerprint density at radius 3 is 2.76 bits per heavy atom. The van der Waals surface area contributed by atoms with Crippen LogP contribution in [-0.4, -0.2) is 92.0 Å². The van der Waals surface area contributed by atoms with E-state index in [0.29, 0.717) is 42.3 Å². The molecule has 3 aromatic rings. The number of likely N-dealkylation sites (tertiary alicyclic amines) is 1. The van der Waals surface area contributed by atoms with Crippen LogP contribution in [0.4, 0.5) is 28.9 Å². The van der Waals surface area contributed by atoms with E-state index in [9.17, 15) is 22.4 Å². The van der Waals surface area contributed by atoms with E-state index in [1.54, 1.807) is 30.3 Å². The molecule has 1 aromatic carbocycles. The van der Waals surface area contributed by atoms with Crippen molar-refractivity contribution in [2.75, 3.05) is 64.7 Å². The number of thioether (sulfide) groups is 1. The molecule has 2 aromatic heterocycles. The number of hydrogen-bond donors (Lipinski definition) is 3. The molecule has 3 N–H and O–H groups in total. The number of ether oxygens (including phenoxy) is 2. The molecule has 0 aliphatic carbocycles. The van der Waals surface area contributed by atoms with Gasteiger partial charge < -0.3 is 30.3 Å². The van der Waals surface area contributed by atoms with Crippen LogP contribution in [0.1, 0.15) is 22.5 Å². The number of alkyl halides is 4. The Hall–Kier alpha value is -3.67. The summed E-state index contributed by atoms with van der Waals surface area (Å²) in [4.78, 5) is 18.4. The summed E-state index contributed by atoms with van der Waals surface area (Å²) in [6, 6.07) is 7.61. The molecule has 226 valence electrons. The lowest BCUT2D eigenvalue weighted by molar-refractivity contribution is -0.0330. The largest absolute Gasteiger partial charge is 0.489 e. The number of imidazole rings is 1. The zero-order chi connectivity index (χ0) is 30.3. The van der Waals surface area contributed by atoms with Crippen molar-refractivity contribution in [1.82, 2.24) is 19.6 Å². The SMILES string of the molecule is CNC(=O)c1ccc(NCC#Cc2nc3c(N[C@@H]4CCN(C)C[C@@H]4F)cccn3c2SC(F)(F)F)c(OCCOC)c1. The first-order valence-electron chi connectivity index (χ1n) is 13.2. The van der Waals surface area contributed by atoms with Gasteiger partial charge in [-0.1, -0.05) is 5.92 Å². The summed E-state index contributed by atoms with van der Waals surface area (Å²) in [5.41, 5.74) is -3.04. The van der Waals surface area contributed by atoms with E-state index in [1.165, 1.54) is 24.8 Å². The lowest BCUT2D eigenvalue weighted by Crippen LogP contribution is -2.46. The van der Waals surface area contributed by atoms with Gasteiger partial charge in [0.25, 0.3) is 5.91 Å². The number of hydrogen-bond acceptors (Lipinski definition) is 8. The number of methoxy groups -OCH3 is 1. The maximum absolute atomic E-state index is 14.7. The molecule has 0 spiro atoms. The first-order chi connectivity index (χ1) is 20.1. The van der Waals surface area contributed by atoms with E-state index in [-0.39, 0.29) is 53.7 Å². The van der Waals surface area contributed by atoms with Crippen LogP contribution in [0.25, 0.3) is 5.65 Å². The molecule has 0 unspecified atom stereocenters. The van der Waals surface area contributed by atoms with Gasteiger partial charge in [0, 0.05) is 50.8 Å². The summed E-state index contributed by atoms with van der Waals surface area (Å²) < 4.78 is 67.3. The average Bonchev–Trinajstić information content (AvgIpc) is 3.29. The monoisotopic (exact) mass is 608 g/mol. The van der Waals surface area contributed by atoms with Gasteiger partial charge in [0.2, 0.25) is 0 Å². The fraction of sp³-hybridized carbons (Fsp3) is 0.429. The Labute approximate surface area is 245 Å². The van der Waals surface area contributed by atoms with E-state index >= 15 is 0 Å². The van der Waals surface area contributed by atoms with Gasteiger partial charge in [0.1, 0.15) is 29.2 Å². The van der Waals surface area contributed by atoms with E-state index in [2.05, 4.69) is 32.8 Å². The number of carbonyl (C=O) groups is 1. The Kier molecular flexibility index (Phi) is 10.4. The van der Waals surface area contributed by atoms with Crippen molar-refractivity contribution >= 4 is 34.7 Å². The highest BCUT2D eigenvalue weighted by Crippen LogP contribution is 2.39. The van der Waals surface area contributed by atoms with Gasteiger partial charge in [-0.3, -0.25) is 9.20 Å². The molecular formula is C28H32F4N6O3S. The van der Waals surface area contributed by atoms with Gasteiger partial charge in [-0.2, -0.15) is 13.2 Å². The second kappa shape index (κ2) is 14.0. The average molecular weight is 609 g/mol. The van der Waals surface area contributed by atoms with Crippen LogP contribution in [0.15, 0.2) is 41.6 Å². The highest BCUT2D eigenvalue weighted by Gasteiger charge is 2.33. The maximum atomic E-state index is 14.7. The molecule has 3 heterocycles. The summed E-state index contributed by atoms with van der Waals surface area (Å²) in [6.45, 7) is 1.58. The summed E-state index contributed by atoms with van der Waals surface area (Å²) in [6.07, 6.45) is 0.884. The highest BCUT2D eigenvalue weighted by atomic mass is 32.2. The number of anilines is 2. The second-order valence-electron chi connectivity index (χ2n) is 9.53. The smallest absolute Gasteiger partial charge is 0.447 e. The molecule has 1 amide bonds. The van der Waals surface area contributed by atoms with E-state index in [4.69, 9.17) is 9.47 Å². The normalized spacial score (nSPS) is 17.4. The predicted molar refractivity (Wildman–Crippen MR) is 154 cm³/mol. The van der Waals surface area contributed by atoms with Crippen molar-refractivity contribution in [2.45, 2.75) is 29.2 Å². The minimum atomic E-state index is -4.58. The second-order valence-corrected chi connectivity index (χ2v) is 10.6. The number of piperidine rings is 1. The van der Waals surface area contributed by atoms with Crippen molar-refractivity contribution in [3.05, 3.63) is 47.8 Å². The molecule has 1 fully saturated rings. The number of rotatable bonds is 10. The maximum Gasteiger partial charge on any atom is 0.447 e. The molecule has 0 radical (unpaired) electrons. The summed E-state index contributed by atoms with van der Waals surface area (Å²) in [7, 11) is 4.90. The standard InChI is InChI=1S/C28H32F4N6O3S/c1-33-26(39)18-8-9-21(24(16-18)41-15-14-40-3)34-11-4-6-23-27(42-28(30,31)32)38-12-5-7-22(25(38)36-23)35-20-10-13-37(2)17-19(20)29/h5,7-9,12,16,19-20,34-35H,10-11,13-15,17H2,1-3H3,(H,33,39)/t19-,20+/m0/s1. The number of pyridine rings is 1. The fourth-order valence-corrected chi connectivity index (χ4v) is 5.10. The molecule has 42 heavy (non-hydrogen) atoms. The molecule has 1 aliphatic heterocycles. The summed E-state index contributed by atoms with van der Waals surface area (Å²) in [5, 5.41) is 8.58. The third-order valence-corrected chi connectivity index (χ3v) is 7.31. The molecule has 2 atom stereocenters. The number of fused-ring (bicyclic) bond motifs is 1. The van der Waals surface area contributed by atoms with Crippen molar-refractivity contribution in [3.63, 3.8) is 0 Å². The minimum absolute atomic E-state index is 0.0498. The van der Waals surface area contributed by atoms with Crippen LogP contribution in [0.5, 0.6) is 5.75 Å². The molecule has 0 saturated carbocycles. The van der Waals surface area contributed by atoms with Gasteiger partial charge in [0.15, 0.2) is 5.65 Å². The zero-order valence-electron chi connectivity index (χ0n) is 23.3. The number of nitrogens with one attached hydrogen (secondary N) is 3. The Morgan fingerprint density at radius 2 is 2.05 bits per heavy atom. The third kappa shape index (κ3) is 7.99. The van der Waals surface area contributed by atoms with Crippen LogP contribution in [0, 0.1) is 11.8 Å². The molecule has 0 bridgehead atoms. The van der Waals surface area contributed by atoms with Gasteiger partial charge in [0.05, 0.1) is 30.6 Å². The van der Waals surface area contributed by atoms with Gasteiger partial charge in [-0.25, -0.2) is 9.37 Å². The van der Waals surface area contributed by atoms with Crippen molar-refractivity contribution < 1.29 is 31.8 Å². The minimum Gasteiger partial charge on any atom is -0.489 e. The predicted octanol–water partition coefficient (Wildman–Crippen LogP) is 4.25. The van der Waals surface area contributed by atoms with Crippen molar-refractivity contribution in [2.24, 2.45) is 0 Å². The number of aromatic nitrogens is 2. The quantitative estimate of drug-likeness (QED) is 0.136. The van der Waals surface area contributed by atoms with E-state index in [0.717, 1.165) is 0 Å². The van der Waals surface area contributed by atoms with Gasteiger partial charge in [-0.05, 0) is 49.7 Å². The Balaban J connectivity index is 1.58. The van der Waals surface area contributed by atoms with Crippen LogP contribution in [0.2, 0.25) is 0 Å². The van der Waals surface area contributed by atoms with E-state index in [1.807, 2.05) is 11.9 Å². The molecule has 1 saturated heterocycles. The van der Waals surface area contributed by atoms with Gasteiger partial charge >= 0.3 is 5.51 Å². The number of benzene rings is 1. The summed E-state index contributed by atoms with van der Waals surface area (Å²) >= 11 is -0.307. The zero-order valence-corrected chi connectivity index (χ0v) is 24.2. The van der Waals surface area contributed by atoms with Gasteiger partial charge in [-0.15, -0.1) is 0 Å². The number of halogens is 4. The van der Waals surface area contributed by atoms with Crippen LogP contribution >= 0.6 is 11.8 Å². The van der Waals surface area contributed by atoms with Crippen LogP contribution in [0.3, 0.4) is 0 Å². The topological polar surface area (TPSA) is 92.2 Å². The fourth-order valence-electron chi connectivity index (χ4n) is 4.44. The first-order valence-corrected chi connectivity index (χ1v) is 14.0.